The number of carbonyl (C=O) groups excluding carboxylic acids is 1. The molecule has 0 saturated carbocycles. The third-order valence-electron chi connectivity index (χ3n) is 5.50. The van der Waals surface area contributed by atoms with E-state index < -0.39 is 0 Å². The van der Waals surface area contributed by atoms with Gasteiger partial charge in [0.1, 0.15) is 5.76 Å². The predicted molar refractivity (Wildman–Crippen MR) is 116 cm³/mol. The second kappa shape index (κ2) is 7.96. The summed E-state index contributed by atoms with van der Waals surface area (Å²) in [7, 11) is 0. The summed E-state index contributed by atoms with van der Waals surface area (Å²) in [4.78, 5) is 12.9. The number of aryl methyl sites for hydroxylation is 2. The van der Waals surface area contributed by atoms with E-state index in [1.165, 1.54) is 41.9 Å². The molecule has 4 rings (SSSR count). The van der Waals surface area contributed by atoms with Gasteiger partial charge >= 0.3 is 0 Å². The number of benzene rings is 1. The van der Waals surface area contributed by atoms with Gasteiger partial charge in [-0.1, -0.05) is 25.5 Å². The number of furan rings is 1. The SMILES string of the molecule is CCCCc1ccc(NC(=O)c2oc3c(c2C)C2(CCC3)SCCS2)cc1. The number of carbonyl (C=O) groups is 1. The van der Waals surface area contributed by atoms with Crippen molar-refractivity contribution < 1.29 is 9.21 Å². The molecule has 0 radical (unpaired) electrons. The summed E-state index contributed by atoms with van der Waals surface area (Å²) in [6, 6.07) is 8.19. The van der Waals surface area contributed by atoms with Crippen molar-refractivity contribution in [2.24, 2.45) is 0 Å². The van der Waals surface area contributed by atoms with Gasteiger partial charge in [0.25, 0.3) is 5.91 Å². The van der Waals surface area contributed by atoms with Crippen molar-refractivity contribution in [3.05, 3.63) is 52.5 Å². The fourth-order valence-electron chi connectivity index (χ4n) is 4.14. The highest BCUT2D eigenvalue weighted by Gasteiger charge is 2.45. The number of thioether (sulfide) groups is 2. The molecule has 2 aromatic rings. The first kappa shape index (κ1) is 19.0. The molecule has 1 saturated heterocycles. The maximum atomic E-state index is 12.9. The minimum Gasteiger partial charge on any atom is -0.455 e. The zero-order valence-electron chi connectivity index (χ0n) is 16.1. The maximum Gasteiger partial charge on any atom is 0.291 e. The van der Waals surface area contributed by atoms with Gasteiger partial charge in [0.2, 0.25) is 0 Å². The monoisotopic (exact) mass is 401 g/mol. The van der Waals surface area contributed by atoms with Crippen molar-refractivity contribution in [3.63, 3.8) is 0 Å². The lowest BCUT2D eigenvalue weighted by Gasteiger charge is -2.31. The molecule has 1 aliphatic heterocycles. The van der Waals surface area contributed by atoms with Gasteiger partial charge in [-0.05, 0) is 50.3 Å². The Kier molecular flexibility index (Phi) is 5.60. The van der Waals surface area contributed by atoms with Crippen LogP contribution >= 0.6 is 23.5 Å². The van der Waals surface area contributed by atoms with Crippen LogP contribution in [0.15, 0.2) is 28.7 Å². The number of amides is 1. The first-order chi connectivity index (χ1) is 13.1. The average molecular weight is 402 g/mol. The third-order valence-corrected chi connectivity index (χ3v) is 9.03. The second-order valence-electron chi connectivity index (χ2n) is 7.41. The minimum absolute atomic E-state index is 0.112. The third kappa shape index (κ3) is 3.68. The Balaban J connectivity index is 1.54. The van der Waals surface area contributed by atoms with Gasteiger partial charge in [0, 0.05) is 34.7 Å². The number of fused-ring (bicyclic) bond motifs is 2. The van der Waals surface area contributed by atoms with Crippen LogP contribution in [0.25, 0.3) is 0 Å². The highest BCUT2D eigenvalue weighted by Crippen LogP contribution is 2.59. The summed E-state index contributed by atoms with van der Waals surface area (Å²) < 4.78 is 6.21. The molecule has 27 heavy (non-hydrogen) atoms. The summed E-state index contributed by atoms with van der Waals surface area (Å²) in [5.41, 5.74) is 4.47. The zero-order chi connectivity index (χ0) is 18.9. The van der Waals surface area contributed by atoms with Crippen LogP contribution in [0, 0.1) is 6.92 Å². The summed E-state index contributed by atoms with van der Waals surface area (Å²) in [5.74, 6) is 3.75. The Labute approximate surface area is 170 Å². The molecule has 0 unspecified atom stereocenters. The van der Waals surface area contributed by atoms with Crippen LogP contribution in [0.1, 0.15) is 65.6 Å². The summed E-state index contributed by atoms with van der Waals surface area (Å²) in [6.07, 6.45) is 6.74. The fourth-order valence-corrected chi connectivity index (χ4v) is 7.70. The molecule has 1 spiro atoms. The van der Waals surface area contributed by atoms with E-state index in [0.29, 0.717) is 5.76 Å². The Hall–Kier alpha value is -1.33. The van der Waals surface area contributed by atoms with Crippen molar-refractivity contribution in [1.29, 1.82) is 0 Å². The van der Waals surface area contributed by atoms with Crippen LogP contribution in [0.5, 0.6) is 0 Å². The quantitative estimate of drug-likeness (QED) is 0.652. The van der Waals surface area contributed by atoms with Crippen molar-refractivity contribution in [2.45, 2.75) is 56.5 Å². The van der Waals surface area contributed by atoms with E-state index in [9.17, 15) is 4.79 Å². The largest absolute Gasteiger partial charge is 0.455 e. The van der Waals surface area contributed by atoms with E-state index in [1.807, 2.05) is 35.7 Å². The molecule has 0 atom stereocenters. The molecule has 1 amide bonds. The zero-order valence-corrected chi connectivity index (χ0v) is 17.7. The highest BCUT2D eigenvalue weighted by atomic mass is 32.2. The lowest BCUT2D eigenvalue weighted by Crippen LogP contribution is -2.21. The van der Waals surface area contributed by atoms with Crippen molar-refractivity contribution >= 4 is 35.1 Å². The van der Waals surface area contributed by atoms with Crippen molar-refractivity contribution in [1.82, 2.24) is 0 Å². The number of hydrogen-bond acceptors (Lipinski definition) is 4. The van der Waals surface area contributed by atoms with Crippen LogP contribution in [0.4, 0.5) is 5.69 Å². The van der Waals surface area contributed by atoms with Crippen LogP contribution < -0.4 is 5.32 Å². The van der Waals surface area contributed by atoms with E-state index in [4.69, 9.17) is 4.42 Å². The van der Waals surface area contributed by atoms with E-state index in [2.05, 4.69) is 31.3 Å². The van der Waals surface area contributed by atoms with Gasteiger partial charge in [-0.15, -0.1) is 23.5 Å². The Bertz CT molecular complexity index is 820. The smallest absolute Gasteiger partial charge is 0.291 e. The second-order valence-corrected chi connectivity index (χ2v) is 10.5. The molecule has 144 valence electrons. The summed E-state index contributed by atoms with van der Waals surface area (Å²) >= 11 is 4.06. The van der Waals surface area contributed by atoms with E-state index >= 15 is 0 Å². The molecule has 2 aliphatic rings. The van der Waals surface area contributed by atoms with E-state index in [1.54, 1.807) is 0 Å². The molecule has 1 aromatic heterocycles. The molecular formula is C22H27NO2S2. The first-order valence-corrected chi connectivity index (χ1v) is 11.9. The summed E-state index contributed by atoms with van der Waals surface area (Å²) in [5, 5.41) is 3.02. The number of nitrogens with one attached hydrogen (secondary N) is 1. The highest BCUT2D eigenvalue weighted by molar-refractivity contribution is 8.20. The Morgan fingerprint density at radius 3 is 2.67 bits per heavy atom. The molecule has 2 heterocycles. The van der Waals surface area contributed by atoms with E-state index in [-0.39, 0.29) is 9.99 Å². The van der Waals surface area contributed by atoms with Crippen LogP contribution in [0.2, 0.25) is 0 Å². The fraction of sp³-hybridized carbons (Fsp3) is 0.500. The van der Waals surface area contributed by atoms with Gasteiger partial charge in [-0.25, -0.2) is 0 Å². The Morgan fingerprint density at radius 1 is 1.22 bits per heavy atom. The predicted octanol–water partition coefficient (Wildman–Crippen LogP) is 6.15. The topological polar surface area (TPSA) is 42.2 Å². The minimum atomic E-state index is -0.133. The lowest BCUT2D eigenvalue weighted by atomic mass is 9.94. The molecule has 1 N–H and O–H groups in total. The van der Waals surface area contributed by atoms with Gasteiger partial charge in [0.05, 0.1) is 4.08 Å². The molecular weight excluding hydrogens is 374 g/mol. The maximum absolute atomic E-state index is 12.9. The number of anilines is 1. The first-order valence-electron chi connectivity index (χ1n) is 9.94. The molecule has 5 heteroatoms. The van der Waals surface area contributed by atoms with Crippen molar-refractivity contribution in [3.8, 4) is 0 Å². The normalized spacial score (nSPS) is 17.9. The molecule has 1 aromatic carbocycles. The van der Waals surface area contributed by atoms with Gasteiger partial charge in [-0.2, -0.15) is 0 Å². The van der Waals surface area contributed by atoms with Crippen molar-refractivity contribution in [2.75, 3.05) is 16.8 Å². The standard InChI is InChI=1S/C22H27NO2S2/c1-3-4-6-16-8-10-17(11-9-16)23-21(24)20-15(2)19-18(25-20)7-5-12-22(19)26-13-14-27-22/h8-11H,3-7,12-14H2,1-2H3,(H,23,24). The molecule has 0 bridgehead atoms. The summed E-state index contributed by atoms with van der Waals surface area (Å²) in [6.45, 7) is 4.25. The molecule has 1 aliphatic carbocycles. The number of hydrogen-bond donors (Lipinski definition) is 1. The van der Waals surface area contributed by atoms with E-state index in [0.717, 1.165) is 36.3 Å². The van der Waals surface area contributed by atoms with Crippen LogP contribution in [0.3, 0.4) is 0 Å². The number of rotatable bonds is 5. The lowest BCUT2D eigenvalue weighted by molar-refractivity contribution is 0.0994. The van der Waals surface area contributed by atoms with Gasteiger partial charge in [0.15, 0.2) is 5.76 Å². The number of unbranched alkanes of at least 4 members (excludes halogenated alkanes) is 1. The van der Waals surface area contributed by atoms with Crippen LogP contribution in [-0.2, 0) is 16.9 Å². The van der Waals surface area contributed by atoms with Gasteiger partial charge < -0.3 is 9.73 Å². The average Bonchev–Trinajstić information content (AvgIpc) is 3.27. The van der Waals surface area contributed by atoms with Gasteiger partial charge in [-0.3, -0.25) is 4.79 Å². The molecule has 3 nitrogen and oxygen atoms in total. The molecule has 1 fully saturated rings. The Morgan fingerprint density at radius 2 is 1.96 bits per heavy atom. The van der Waals surface area contributed by atoms with Crippen LogP contribution in [-0.4, -0.2) is 17.4 Å².